The molecular weight excluding hydrogens is 526 g/mol. The number of amides is 1. The summed E-state index contributed by atoms with van der Waals surface area (Å²) in [5.41, 5.74) is 4.25. The molecule has 1 aromatic heterocycles. The SMILES string of the molecule is CCN(Cc1ccccc1)S(=O)(=O)c1ccc(C(=O)N(Cc2ccccc2)c2nc3ccc(C)cc3s2)cc1. The summed E-state index contributed by atoms with van der Waals surface area (Å²) >= 11 is 1.47. The van der Waals surface area contributed by atoms with Crippen molar-refractivity contribution >= 4 is 42.6 Å². The molecule has 39 heavy (non-hydrogen) atoms. The van der Waals surface area contributed by atoms with E-state index in [0.717, 1.165) is 26.9 Å². The van der Waals surface area contributed by atoms with E-state index >= 15 is 0 Å². The molecule has 5 rings (SSSR count). The highest BCUT2D eigenvalue weighted by Crippen LogP contribution is 2.32. The van der Waals surface area contributed by atoms with Gasteiger partial charge in [0.25, 0.3) is 5.91 Å². The lowest BCUT2D eigenvalue weighted by atomic mass is 10.1. The van der Waals surface area contributed by atoms with Crippen molar-refractivity contribution in [1.82, 2.24) is 9.29 Å². The number of aryl methyl sites for hydroxylation is 1. The molecule has 0 aliphatic rings. The van der Waals surface area contributed by atoms with Crippen molar-refractivity contribution < 1.29 is 13.2 Å². The first kappa shape index (κ1) is 26.7. The fourth-order valence-electron chi connectivity index (χ4n) is 4.36. The van der Waals surface area contributed by atoms with Gasteiger partial charge < -0.3 is 0 Å². The summed E-state index contributed by atoms with van der Waals surface area (Å²) in [6.45, 7) is 4.81. The Morgan fingerprint density at radius 1 is 0.821 bits per heavy atom. The maximum absolute atomic E-state index is 13.8. The van der Waals surface area contributed by atoms with Crippen molar-refractivity contribution in [3.05, 3.63) is 125 Å². The number of rotatable bonds is 9. The Morgan fingerprint density at radius 3 is 2.05 bits per heavy atom. The number of fused-ring (bicyclic) bond motifs is 1. The number of aromatic nitrogens is 1. The fourth-order valence-corrected chi connectivity index (χ4v) is 6.85. The number of carbonyl (C=O) groups excluding carboxylic acids is 1. The van der Waals surface area contributed by atoms with Crippen molar-refractivity contribution in [2.24, 2.45) is 0 Å². The second kappa shape index (κ2) is 11.5. The second-order valence-electron chi connectivity index (χ2n) is 9.29. The van der Waals surface area contributed by atoms with Crippen molar-refractivity contribution in [3.63, 3.8) is 0 Å². The van der Waals surface area contributed by atoms with Gasteiger partial charge in [-0.1, -0.05) is 85.0 Å². The van der Waals surface area contributed by atoms with Crippen LogP contribution in [0.2, 0.25) is 0 Å². The summed E-state index contributed by atoms with van der Waals surface area (Å²) in [6.07, 6.45) is 0. The third-order valence-electron chi connectivity index (χ3n) is 6.49. The van der Waals surface area contributed by atoms with E-state index in [-0.39, 0.29) is 17.3 Å². The number of sulfonamides is 1. The summed E-state index contributed by atoms with van der Waals surface area (Å²) in [5, 5.41) is 0.598. The van der Waals surface area contributed by atoms with Gasteiger partial charge in [-0.2, -0.15) is 4.31 Å². The Bertz CT molecular complexity index is 1680. The Morgan fingerprint density at radius 2 is 1.44 bits per heavy atom. The minimum Gasteiger partial charge on any atom is -0.279 e. The van der Waals surface area contributed by atoms with Gasteiger partial charge in [0.1, 0.15) is 0 Å². The zero-order valence-electron chi connectivity index (χ0n) is 21.8. The van der Waals surface area contributed by atoms with E-state index in [1.165, 1.54) is 27.8 Å². The van der Waals surface area contributed by atoms with E-state index < -0.39 is 10.0 Å². The standard InChI is InChI=1S/C31H29N3O3S2/c1-3-33(21-24-10-6-4-7-11-24)39(36,37)27-17-15-26(16-18-27)30(35)34(22-25-12-8-5-9-13-25)31-32-28-19-14-23(2)20-29(28)38-31/h4-20H,3,21-22H2,1-2H3. The van der Waals surface area contributed by atoms with Crippen LogP contribution in [0.15, 0.2) is 108 Å². The van der Waals surface area contributed by atoms with Crippen LogP contribution < -0.4 is 4.90 Å². The highest BCUT2D eigenvalue weighted by Gasteiger charge is 2.26. The minimum atomic E-state index is -3.74. The van der Waals surface area contributed by atoms with E-state index in [0.29, 0.717) is 23.8 Å². The molecule has 0 aliphatic heterocycles. The molecule has 0 N–H and O–H groups in total. The number of nitrogens with zero attached hydrogens (tertiary/aromatic N) is 3. The molecule has 8 heteroatoms. The van der Waals surface area contributed by atoms with Crippen molar-refractivity contribution in [2.45, 2.75) is 31.8 Å². The van der Waals surface area contributed by atoms with Gasteiger partial charge in [-0.25, -0.2) is 13.4 Å². The maximum atomic E-state index is 13.8. The Labute approximate surface area is 233 Å². The summed E-state index contributed by atoms with van der Waals surface area (Å²) in [7, 11) is -3.74. The quantitative estimate of drug-likeness (QED) is 0.204. The summed E-state index contributed by atoms with van der Waals surface area (Å²) in [6, 6.07) is 31.5. The highest BCUT2D eigenvalue weighted by molar-refractivity contribution is 7.89. The predicted octanol–water partition coefficient (Wildman–Crippen LogP) is 6.66. The van der Waals surface area contributed by atoms with Gasteiger partial charge in [-0.05, 0) is 60.0 Å². The van der Waals surface area contributed by atoms with Crippen LogP contribution >= 0.6 is 11.3 Å². The molecule has 0 bridgehead atoms. The zero-order chi connectivity index (χ0) is 27.4. The second-order valence-corrected chi connectivity index (χ2v) is 12.2. The lowest BCUT2D eigenvalue weighted by Crippen LogP contribution is -2.31. The van der Waals surface area contributed by atoms with Gasteiger partial charge in [0.15, 0.2) is 5.13 Å². The van der Waals surface area contributed by atoms with Crippen molar-refractivity contribution in [3.8, 4) is 0 Å². The summed E-state index contributed by atoms with van der Waals surface area (Å²) in [5.74, 6) is -0.241. The highest BCUT2D eigenvalue weighted by atomic mass is 32.2. The normalized spacial score (nSPS) is 11.7. The van der Waals surface area contributed by atoms with Crippen LogP contribution in [0.5, 0.6) is 0 Å². The van der Waals surface area contributed by atoms with Gasteiger partial charge in [0.05, 0.1) is 21.7 Å². The summed E-state index contributed by atoms with van der Waals surface area (Å²) in [4.78, 5) is 20.4. The van der Waals surface area contributed by atoms with Crippen LogP contribution in [0.4, 0.5) is 5.13 Å². The fraction of sp³-hybridized carbons (Fsp3) is 0.161. The Hall–Kier alpha value is -3.85. The maximum Gasteiger partial charge on any atom is 0.260 e. The van der Waals surface area contributed by atoms with Crippen LogP contribution in [0.1, 0.15) is 34.0 Å². The molecule has 0 saturated heterocycles. The smallest absolute Gasteiger partial charge is 0.260 e. The molecule has 0 radical (unpaired) electrons. The van der Waals surface area contributed by atoms with Gasteiger partial charge in [-0.3, -0.25) is 9.69 Å². The molecule has 6 nitrogen and oxygen atoms in total. The Balaban J connectivity index is 1.44. The molecule has 0 unspecified atom stereocenters. The topological polar surface area (TPSA) is 70.6 Å². The number of carbonyl (C=O) groups is 1. The lowest BCUT2D eigenvalue weighted by molar-refractivity contribution is 0.0985. The third-order valence-corrected chi connectivity index (χ3v) is 9.46. The molecule has 0 spiro atoms. The van der Waals surface area contributed by atoms with E-state index in [9.17, 15) is 13.2 Å². The van der Waals surface area contributed by atoms with E-state index in [4.69, 9.17) is 4.98 Å². The molecule has 0 aliphatic carbocycles. The van der Waals surface area contributed by atoms with Crippen molar-refractivity contribution in [1.29, 1.82) is 0 Å². The number of thiazole rings is 1. The molecule has 5 aromatic rings. The van der Waals surface area contributed by atoms with Gasteiger partial charge >= 0.3 is 0 Å². The molecular formula is C31H29N3O3S2. The number of hydrogen-bond acceptors (Lipinski definition) is 5. The molecule has 1 amide bonds. The number of benzene rings is 4. The van der Waals surface area contributed by atoms with Crippen LogP contribution in [-0.2, 0) is 23.1 Å². The monoisotopic (exact) mass is 555 g/mol. The van der Waals surface area contributed by atoms with E-state index in [1.54, 1.807) is 17.0 Å². The molecule has 1 heterocycles. The van der Waals surface area contributed by atoms with Crippen LogP contribution in [0.3, 0.4) is 0 Å². The molecule has 0 fully saturated rings. The van der Waals surface area contributed by atoms with Gasteiger partial charge in [0, 0.05) is 18.7 Å². The number of anilines is 1. The van der Waals surface area contributed by atoms with Gasteiger partial charge in [-0.15, -0.1) is 0 Å². The van der Waals surface area contributed by atoms with Crippen LogP contribution in [0, 0.1) is 6.92 Å². The predicted molar refractivity (Wildman–Crippen MR) is 157 cm³/mol. The van der Waals surface area contributed by atoms with E-state index in [2.05, 4.69) is 6.07 Å². The van der Waals surface area contributed by atoms with Gasteiger partial charge in [0.2, 0.25) is 10.0 Å². The average Bonchev–Trinajstić information content (AvgIpc) is 3.38. The van der Waals surface area contributed by atoms with Crippen LogP contribution in [-0.4, -0.2) is 30.2 Å². The van der Waals surface area contributed by atoms with Crippen molar-refractivity contribution in [2.75, 3.05) is 11.4 Å². The largest absolute Gasteiger partial charge is 0.279 e. The molecule has 0 saturated carbocycles. The average molecular weight is 556 g/mol. The first-order chi connectivity index (χ1) is 18.8. The molecule has 198 valence electrons. The first-order valence-corrected chi connectivity index (χ1v) is 15.0. The number of hydrogen-bond donors (Lipinski definition) is 0. The first-order valence-electron chi connectivity index (χ1n) is 12.7. The lowest BCUT2D eigenvalue weighted by Gasteiger charge is -2.22. The Kier molecular flexibility index (Phi) is 7.88. The molecule has 0 atom stereocenters. The molecule has 4 aromatic carbocycles. The summed E-state index contributed by atoms with van der Waals surface area (Å²) < 4.78 is 29.2. The van der Waals surface area contributed by atoms with E-state index in [1.807, 2.05) is 86.6 Å². The van der Waals surface area contributed by atoms with Crippen LogP contribution in [0.25, 0.3) is 10.2 Å². The zero-order valence-corrected chi connectivity index (χ0v) is 23.5. The minimum absolute atomic E-state index is 0.155. The third kappa shape index (κ3) is 5.93.